The molecule has 90 valence electrons. The van der Waals surface area contributed by atoms with E-state index in [4.69, 9.17) is 5.26 Å². The fraction of sp³-hybridized carbons (Fsp3) is 0. The van der Waals surface area contributed by atoms with Crippen LogP contribution in [0.15, 0.2) is 40.9 Å². The average molecular weight is 309 g/mol. The van der Waals surface area contributed by atoms with Crippen LogP contribution in [-0.4, -0.2) is 0 Å². The number of rotatable bonds is 2. The van der Waals surface area contributed by atoms with Crippen LogP contribution < -0.4 is 5.32 Å². The molecule has 0 aliphatic rings. The Bertz CT molecular complexity index is 618. The van der Waals surface area contributed by atoms with Crippen LogP contribution in [0, 0.1) is 23.0 Å². The number of halogens is 3. The molecule has 0 bridgehead atoms. The van der Waals surface area contributed by atoms with Crippen LogP contribution in [0.5, 0.6) is 0 Å². The third kappa shape index (κ3) is 2.66. The largest absolute Gasteiger partial charge is 0.354 e. The first-order valence-electron chi connectivity index (χ1n) is 5.02. The molecule has 0 saturated carbocycles. The summed E-state index contributed by atoms with van der Waals surface area (Å²) in [5.41, 5.74) is 0.969. The quantitative estimate of drug-likeness (QED) is 0.895. The summed E-state index contributed by atoms with van der Waals surface area (Å²) in [5.74, 6) is -2.03. The smallest absolute Gasteiger partial charge is 0.160 e. The Kier molecular flexibility index (Phi) is 3.58. The van der Waals surface area contributed by atoms with Gasteiger partial charge in [0.25, 0.3) is 0 Å². The van der Waals surface area contributed by atoms with E-state index in [1.807, 2.05) is 6.07 Å². The van der Waals surface area contributed by atoms with Crippen LogP contribution in [0.3, 0.4) is 0 Å². The Hall–Kier alpha value is -1.93. The van der Waals surface area contributed by atoms with E-state index < -0.39 is 11.6 Å². The van der Waals surface area contributed by atoms with Gasteiger partial charge in [0, 0.05) is 16.2 Å². The summed E-state index contributed by atoms with van der Waals surface area (Å²) in [4.78, 5) is 0. The van der Waals surface area contributed by atoms with Crippen molar-refractivity contribution in [3.8, 4) is 6.07 Å². The second kappa shape index (κ2) is 5.15. The Morgan fingerprint density at radius 2 is 1.67 bits per heavy atom. The molecular weight excluding hydrogens is 302 g/mol. The minimum absolute atomic E-state index is 0.0526. The normalized spacial score (nSPS) is 9.89. The summed E-state index contributed by atoms with van der Waals surface area (Å²) >= 11 is 3.29. The lowest BCUT2D eigenvalue weighted by Gasteiger charge is -2.08. The zero-order chi connectivity index (χ0) is 13.1. The van der Waals surface area contributed by atoms with Crippen LogP contribution in [0.25, 0.3) is 0 Å². The standard InChI is InChI=1S/C13H7BrF2N2/c14-9-1-3-10(4-2-9)18-13-6-12(16)11(15)5-8(13)7-17/h1-6,18H. The van der Waals surface area contributed by atoms with Crippen molar-refractivity contribution in [2.45, 2.75) is 0 Å². The van der Waals surface area contributed by atoms with Crippen molar-refractivity contribution >= 4 is 27.3 Å². The zero-order valence-corrected chi connectivity index (χ0v) is 10.6. The van der Waals surface area contributed by atoms with Gasteiger partial charge in [0.2, 0.25) is 0 Å². The Balaban J connectivity index is 2.37. The van der Waals surface area contributed by atoms with Gasteiger partial charge in [-0.3, -0.25) is 0 Å². The lowest BCUT2D eigenvalue weighted by Crippen LogP contribution is -1.96. The summed E-state index contributed by atoms with van der Waals surface area (Å²) in [5, 5.41) is 11.7. The van der Waals surface area contributed by atoms with E-state index in [-0.39, 0.29) is 11.3 Å². The molecule has 0 heterocycles. The summed E-state index contributed by atoms with van der Waals surface area (Å²) in [6.45, 7) is 0. The molecule has 0 aromatic heterocycles. The van der Waals surface area contributed by atoms with Crippen molar-refractivity contribution in [3.05, 3.63) is 58.1 Å². The predicted octanol–water partition coefficient (Wildman–Crippen LogP) is 4.34. The van der Waals surface area contributed by atoms with E-state index in [1.165, 1.54) is 0 Å². The molecule has 2 rings (SSSR count). The van der Waals surface area contributed by atoms with Gasteiger partial charge in [0.15, 0.2) is 11.6 Å². The molecule has 0 spiro atoms. The minimum Gasteiger partial charge on any atom is -0.354 e. The third-order valence-corrected chi connectivity index (χ3v) is 2.83. The fourth-order valence-electron chi connectivity index (χ4n) is 1.43. The predicted molar refractivity (Wildman–Crippen MR) is 68.5 cm³/mol. The zero-order valence-electron chi connectivity index (χ0n) is 9.05. The van der Waals surface area contributed by atoms with Crippen molar-refractivity contribution < 1.29 is 8.78 Å². The Labute approximate surface area is 111 Å². The van der Waals surface area contributed by atoms with Crippen LogP contribution in [-0.2, 0) is 0 Å². The molecule has 2 nitrogen and oxygen atoms in total. The highest BCUT2D eigenvalue weighted by molar-refractivity contribution is 9.10. The van der Waals surface area contributed by atoms with Gasteiger partial charge >= 0.3 is 0 Å². The van der Waals surface area contributed by atoms with Gasteiger partial charge in [-0.15, -0.1) is 0 Å². The first-order chi connectivity index (χ1) is 8.60. The summed E-state index contributed by atoms with van der Waals surface area (Å²) < 4.78 is 27.0. The monoisotopic (exact) mass is 308 g/mol. The highest BCUT2D eigenvalue weighted by atomic mass is 79.9. The molecule has 0 saturated heterocycles. The van der Waals surface area contributed by atoms with Crippen molar-refractivity contribution in [2.24, 2.45) is 0 Å². The van der Waals surface area contributed by atoms with Gasteiger partial charge < -0.3 is 5.32 Å². The maximum Gasteiger partial charge on any atom is 0.160 e. The number of hydrogen-bond acceptors (Lipinski definition) is 2. The maximum atomic E-state index is 13.1. The molecule has 0 aliphatic carbocycles. The summed E-state index contributed by atoms with van der Waals surface area (Å²) in [7, 11) is 0. The molecule has 2 aromatic rings. The van der Waals surface area contributed by atoms with Crippen molar-refractivity contribution in [1.29, 1.82) is 5.26 Å². The number of nitrogens with zero attached hydrogens (tertiary/aromatic N) is 1. The highest BCUT2D eigenvalue weighted by Gasteiger charge is 2.09. The van der Waals surface area contributed by atoms with Gasteiger partial charge in [-0.1, -0.05) is 15.9 Å². The molecule has 2 aromatic carbocycles. The minimum atomic E-state index is -1.03. The number of nitriles is 1. The number of anilines is 2. The fourth-order valence-corrected chi connectivity index (χ4v) is 1.70. The van der Waals surface area contributed by atoms with Gasteiger partial charge in [-0.05, 0) is 30.3 Å². The topological polar surface area (TPSA) is 35.8 Å². The van der Waals surface area contributed by atoms with E-state index in [1.54, 1.807) is 24.3 Å². The van der Waals surface area contributed by atoms with Crippen molar-refractivity contribution in [2.75, 3.05) is 5.32 Å². The molecule has 0 aliphatic heterocycles. The van der Waals surface area contributed by atoms with Gasteiger partial charge in [0.1, 0.15) is 6.07 Å². The van der Waals surface area contributed by atoms with Gasteiger partial charge in [0.05, 0.1) is 11.3 Å². The molecule has 0 atom stereocenters. The van der Waals surface area contributed by atoms with Gasteiger partial charge in [-0.25, -0.2) is 8.78 Å². The first kappa shape index (κ1) is 12.5. The maximum absolute atomic E-state index is 13.1. The van der Waals surface area contributed by atoms with E-state index in [9.17, 15) is 8.78 Å². The number of nitrogens with one attached hydrogen (secondary N) is 1. The van der Waals surface area contributed by atoms with Crippen LogP contribution in [0.1, 0.15) is 5.56 Å². The number of benzene rings is 2. The lowest BCUT2D eigenvalue weighted by molar-refractivity contribution is 0.509. The molecule has 18 heavy (non-hydrogen) atoms. The molecule has 1 N–H and O–H groups in total. The van der Waals surface area contributed by atoms with Crippen molar-refractivity contribution in [1.82, 2.24) is 0 Å². The second-order valence-corrected chi connectivity index (χ2v) is 4.47. The summed E-state index contributed by atoms with van der Waals surface area (Å²) in [6.07, 6.45) is 0. The summed E-state index contributed by atoms with van der Waals surface area (Å²) in [6, 6.07) is 10.8. The van der Waals surface area contributed by atoms with E-state index in [2.05, 4.69) is 21.2 Å². The van der Waals surface area contributed by atoms with Crippen LogP contribution in [0.4, 0.5) is 20.2 Å². The van der Waals surface area contributed by atoms with Crippen LogP contribution in [0.2, 0.25) is 0 Å². The molecule has 0 amide bonds. The van der Waals surface area contributed by atoms with E-state index in [0.29, 0.717) is 5.69 Å². The Morgan fingerprint density at radius 3 is 2.28 bits per heavy atom. The van der Waals surface area contributed by atoms with Crippen LogP contribution >= 0.6 is 15.9 Å². The molecular formula is C13H7BrF2N2. The van der Waals surface area contributed by atoms with E-state index in [0.717, 1.165) is 16.6 Å². The molecule has 5 heteroatoms. The highest BCUT2D eigenvalue weighted by Crippen LogP contribution is 2.24. The van der Waals surface area contributed by atoms with E-state index >= 15 is 0 Å². The SMILES string of the molecule is N#Cc1cc(F)c(F)cc1Nc1ccc(Br)cc1. The molecule has 0 fully saturated rings. The van der Waals surface area contributed by atoms with Crippen molar-refractivity contribution in [3.63, 3.8) is 0 Å². The number of hydrogen-bond donors (Lipinski definition) is 1. The Morgan fingerprint density at radius 1 is 1.06 bits per heavy atom. The second-order valence-electron chi connectivity index (χ2n) is 3.56. The first-order valence-corrected chi connectivity index (χ1v) is 5.81. The third-order valence-electron chi connectivity index (χ3n) is 2.30. The lowest BCUT2D eigenvalue weighted by atomic mass is 10.1. The molecule has 0 radical (unpaired) electrons. The average Bonchev–Trinajstić information content (AvgIpc) is 2.36. The molecule has 0 unspecified atom stereocenters. The van der Waals surface area contributed by atoms with Gasteiger partial charge in [-0.2, -0.15) is 5.26 Å².